The number of likely N-dealkylation sites (N-methyl/N-ethyl adjacent to an activating group) is 1. The molecule has 6 heteroatoms. The van der Waals surface area contributed by atoms with Crippen molar-refractivity contribution in [2.24, 2.45) is 11.2 Å². The van der Waals surface area contributed by atoms with Gasteiger partial charge in [0.1, 0.15) is 6.04 Å². The van der Waals surface area contributed by atoms with Gasteiger partial charge in [0.2, 0.25) is 5.28 Å². The number of hydrogen-bond acceptors (Lipinski definition) is 3. The lowest BCUT2D eigenvalue weighted by Crippen LogP contribution is -2.43. The molecule has 0 aliphatic rings. The first-order valence-corrected chi connectivity index (χ1v) is 4.24. The van der Waals surface area contributed by atoms with Crippen LogP contribution in [0.15, 0.2) is 5.28 Å². The third-order valence-electron chi connectivity index (χ3n) is 2.31. The lowest BCUT2D eigenvalue weighted by Gasteiger charge is -2.26. The topological polar surface area (TPSA) is 82.1 Å². The first-order chi connectivity index (χ1) is 6.08. The third-order valence-corrected chi connectivity index (χ3v) is 2.31. The van der Waals surface area contributed by atoms with Crippen molar-refractivity contribution in [2.45, 2.75) is 26.3 Å². The molecule has 0 saturated heterocycles. The van der Waals surface area contributed by atoms with E-state index < -0.39 is 0 Å². The van der Waals surface area contributed by atoms with Crippen molar-refractivity contribution in [3.05, 3.63) is 5.21 Å². The first-order valence-electron chi connectivity index (χ1n) is 4.24. The molecular formula is C7H17N3O3. The molecule has 0 spiro atoms. The van der Waals surface area contributed by atoms with Crippen LogP contribution in [0.3, 0.4) is 0 Å². The van der Waals surface area contributed by atoms with Crippen molar-refractivity contribution in [1.82, 2.24) is 5.01 Å². The second-order valence-electron chi connectivity index (χ2n) is 3.05. The summed E-state index contributed by atoms with van der Waals surface area (Å²) >= 11 is 0. The van der Waals surface area contributed by atoms with Gasteiger partial charge >= 0.3 is 0 Å². The molecule has 0 aliphatic carbocycles. The molecule has 0 amide bonds. The van der Waals surface area contributed by atoms with Crippen LogP contribution in [0.1, 0.15) is 20.3 Å². The summed E-state index contributed by atoms with van der Waals surface area (Å²) in [5, 5.41) is 31.7. The normalized spacial score (nSPS) is 16.8. The van der Waals surface area contributed by atoms with Gasteiger partial charge in [-0.05, 0) is 5.92 Å². The molecule has 78 valence electrons. The van der Waals surface area contributed by atoms with E-state index in [-0.39, 0.29) is 23.5 Å². The summed E-state index contributed by atoms with van der Waals surface area (Å²) in [6.07, 6.45) is 0.842. The molecule has 0 saturated carbocycles. The van der Waals surface area contributed by atoms with Gasteiger partial charge in [-0.1, -0.05) is 20.3 Å². The van der Waals surface area contributed by atoms with Crippen molar-refractivity contribution in [2.75, 3.05) is 13.7 Å². The highest BCUT2D eigenvalue weighted by atomic mass is 16.6. The molecule has 0 aromatic carbocycles. The van der Waals surface area contributed by atoms with Crippen LogP contribution < -0.4 is 0 Å². The van der Waals surface area contributed by atoms with Gasteiger partial charge in [0.05, 0.1) is 18.6 Å². The Bertz CT molecular complexity index is 174. The Kier molecular flexibility index (Phi) is 5.13. The fourth-order valence-electron chi connectivity index (χ4n) is 1.13. The summed E-state index contributed by atoms with van der Waals surface area (Å²) in [6.45, 7) is 3.74. The van der Waals surface area contributed by atoms with Crippen LogP contribution in [0, 0.1) is 11.1 Å². The molecule has 0 radical (unpaired) electrons. The zero-order chi connectivity index (χ0) is 10.4. The molecular weight excluding hydrogens is 174 g/mol. The van der Waals surface area contributed by atoms with Crippen molar-refractivity contribution >= 4 is 0 Å². The maximum Gasteiger partial charge on any atom is 0.230 e. The summed E-state index contributed by atoms with van der Waals surface area (Å²) in [4.78, 5) is 0.0625. The van der Waals surface area contributed by atoms with Crippen LogP contribution in [-0.2, 0) is 0 Å². The van der Waals surface area contributed by atoms with Gasteiger partial charge < -0.3 is 15.5 Å². The van der Waals surface area contributed by atoms with Gasteiger partial charge in [-0.3, -0.25) is 0 Å². The highest BCUT2D eigenvalue weighted by Crippen LogP contribution is 2.12. The number of hydrogen-bond donors (Lipinski definition) is 2. The average Bonchev–Trinajstić information content (AvgIpc) is 2.17. The van der Waals surface area contributed by atoms with Crippen molar-refractivity contribution < 1.29 is 15.3 Å². The Balaban J connectivity index is 4.39. The molecule has 0 rings (SSSR count). The Hall–Kier alpha value is -1.04. The molecule has 0 aliphatic heterocycles. The third kappa shape index (κ3) is 3.06. The number of rotatable bonds is 5. The molecule has 13 heavy (non-hydrogen) atoms. The van der Waals surface area contributed by atoms with E-state index >= 15 is 0 Å². The zero-order valence-corrected chi connectivity index (χ0v) is 8.21. The molecule has 2 atom stereocenters. The van der Waals surface area contributed by atoms with Crippen molar-refractivity contribution in [1.29, 1.82) is 0 Å². The number of hydrazine groups is 1. The lowest BCUT2D eigenvalue weighted by molar-refractivity contribution is -0.713. The molecule has 0 aromatic rings. The molecule has 0 aromatic heterocycles. The largest absolute Gasteiger partial charge is 0.569 e. The summed E-state index contributed by atoms with van der Waals surface area (Å²) in [5.41, 5.74) is 0. The number of aliphatic hydroxyl groups excluding tert-OH is 1. The van der Waals surface area contributed by atoms with Gasteiger partial charge in [-0.15, -0.1) is 5.01 Å². The summed E-state index contributed by atoms with van der Waals surface area (Å²) in [5.74, 6) is 0.160. The Morgan fingerprint density at radius 2 is 2.15 bits per heavy atom. The number of nitrogens with zero attached hydrogens (tertiary/aromatic N) is 3. The van der Waals surface area contributed by atoms with E-state index in [4.69, 9.17) is 10.3 Å². The van der Waals surface area contributed by atoms with Gasteiger partial charge in [0.15, 0.2) is 0 Å². The molecule has 0 fully saturated rings. The first kappa shape index (κ1) is 12.0. The number of aliphatic hydroxyl groups is 1. The Labute approximate surface area is 77.6 Å². The Morgan fingerprint density at radius 3 is 2.46 bits per heavy atom. The minimum Gasteiger partial charge on any atom is -0.569 e. The van der Waals surface area contributed by atoms with Crippen LogP contribution in [-0.4, -0.2) is 40.0 Å². The van der Waals surface area contributed by atoms with E-state index in [9.17, 15) is 5.21 Å². The SMILES string of the molecule is CC[C@@H](C)[C@@H](CO)N(C)/[N+]([O-])=N\O. The predicted molar refractivity (Wildman–Crippen MR) is 45.9 cm³/mol. The fraction of sp³-hybridized carbons (Fsp3) is 1.00. The molecule has 0 heterocycles. The van der Waals surface area contributed by atoms with E-state index in [1.807, 2.05) is 13.8 Å². The van der Waals surface area contributed by atoms with Crippen molar-refractivity contribution in [3.63, 3.8) is 0 Å². The average molecular weight is 191 g/mol. The minimum absolute atomic E-state index is 0.0625. The summed E-state index contributed by atoms with van der Waals surface area (Å²) in [6, 6.07) is -0.321. The molecule has 0 bridgehead atoms. The maximum absolute atomic E-state index is 10.8. The predicted octanol–water partition coefficient (Wildman–Crippen LogP) is 0.592. The molecule has 2 N–H and O–H groups in total. The zero-order valence-electron chi connectivity index (χ0n) is 8.21. The van der Waals surface area contributed by atoms with Gasteiger partial charge in [0, 0.05) is 0 Å². The smallest absolute Gasteiger partial charge is 0.230 e. The van der Waals surface area contributed by atoms with Crippen molar-refractivity contribution in [3.8, 4) is 0 Å². The van der Waals surface area contributed by atoms with Gasteiger partial charge in [0.25, 0.3) is 0 Å². The minimum atomic E-state index is -0.321. The van der Waals surface area contributed by atoms with Gasteiger partial charge in [-0.25, -0.2) is 0 Å². The summed E-state index contributed by atoms with van der Waals surface area (Å²) in [7, 11) is 1.47. The lowest BCUT2D eigenvalue weighted by atomic mass is 10.00. The van der Waals surface area contributed by atoms with Crippen LogP contribution in [0.25, 0.3) is 0 Å². The summed E-state index contributed by atoms with van der Waals surface area (Å²) < 4.78 is 0. The highest BCUT2D eigenvalue weighted by Gasteiger charge is 2.25. The highest BCUT2D eigenvalue weighted by molar-refractivity contribution is 4.68. The van der Waals surface area contributed by atoms with E-state index in [0.29, 0.717) is 0 Å². The quantitative estimate of drug-likeness (QED) is 0.378. The van der Waals surface area contributed by atoms with E-state index in [2.05, 4.69) is 5.28 Å². The van der Waals surface area contributed by atoms with Gasteiger partial charge in [-0.2, -0.15) is 0 Å². The maximum atomic E-state index is 10.8. The van der Waals surface area contributed by atoms with E-state index in [1.165, 1.54) is 7.05 Å². The second kappa shape index (κ2) is 5.58. The fourth-order valence-corrected chi connectivity index (χ4v) is 1.13. The molecule has 6 nitrogen and oxygen atoms in total. The van der Waals surface area contributed by atoms with Crippen LogP contribution in [0.2, 0.25) is 0 Å². The van der Waals surface area contributed by atoms with Crippen LogP contribution in [0.4, 0.5) is 0 Å². The van der Waals surface area contributed by atoms with E-state index in [1.54, 1.807) is 0 Å². The van der Waals surface area contributed by atoms with Crippen LogP contribution in [0.5, 0.6) is 0 Å². The standard InChI is InChI=1S/C7H17N3O3/c1-4-6(2)7(5-11)9(3)10(13)8-12/h6-7,11-12H,4-5H2,1-3H3/b10-8+/t6-,7-/m1/s1. The molecule has 0 unspecified atom stereocenters. The van der Waals surface area contributed by atoms with E-state index in [0.717, 1.165) is 11.4 Å². The Morgan fingerprint density at radius 1 is 1.62 bits per heavy atom. The monoisotopic (exact) mass is 191 g/mol. The second-order valence-corrected chi connectivity index (χ2v) is 3.05. The van der Waals surface area contributed by atoms with Crippen LogP contribution >= 0.6 is 0 Å².